The molecule has 0 bridgehead atoms. The van der Waals surface area contributed by atoms with E-state index in [1.165, 1.54) is 11.8 Å². The second-order valence-electron chi connectivity index (χ2n) is 7.48. The zero-order valence-corrected chi connectivity index (χ0v) is 17.4. The number of aromatic nitrogens is 4. The van der Waals surface area contributed by atoms with Gasteiger partial charge >= 0.3 is 0 Å². The van der Waals surface area contributed by atoms with Gasteiger partial charge in [-0.05, 0) is 36.6 Å². The Labute approximate surface area is 173 Å². The number of rotatable bonds is 8. The van der Waals surface area contributed by atoms with Crippen LogP contribution in [0.5, 0.6) is 0 Å². The molecule has 6 nitrogen and oxygen atoms in total. The van der Waals surface area contributed by atoms with Gasteiger partial charge in [0.15, 0.2) is 5.16 Å². The maximum Gasteiger partial charge on any atom is 0.169 e. The summed E-state index contributed by atoms with van der Waals surface area (Å²) in [7, 11) is 0. The smallest absolute Gasteiger partial charge is 0.169 e. The Morgan fingerprint density at radius 3 is 2.28 bits per heavy atom. The van der Waals surface area contributed by atoms with Crippen LogP contribution in [0.4, 0.5) is 0 Å². The number of carboxylic acids is 1. The lowest BCUT2D eigenvalue weighted by Gasteiger charge is -2.13. The number of fused-ring (bicyclic) bond motifs is 2. The van der Waals surface area contributed by atoms with E-state index in [-0.39, 0.29) is 5.75 Å². The molecule has 2 aromatic carbocycles. The molecule has 0 atom stereocenters. The van der Waals surface area contributed by atoms with Crippen molar-refractivity contribution in [3.63, 3.8) is 0 Å². The number of para-hydroxylation sites is 4. The molecule has 0 N–H and O–H groups in total. The summed E-state index contributed by atoms with van der Waals surface area (Å²) in [6.07, 6.45) is 1.06. The molecule has 7 heteroatoms. The summed E-state index contributed by atoms with van der Waals surface area (Å²) in [5, 5.41) is 11.7. The Morgan fingerprint density at radius 2 is 1.62 bits per heavy atom. The summed E-state index contributed by atoms with van der Waals surface area (Å²) in [6, 6.07) is 16.0. The Balaban J connectivity index is 1.78. The molecule has 2 aromatic heterocycles. The summed E-state index contributed by atoms with van der Waals surface area (Å²) in [4.78, 5) is 20.5. The second kappa shape index (κ2) is 8.29. The molecule has 0 fully saturated rings. The van der Waals surface area contributed by atoms with E-state index in [9.17, 15) is 9.90 Å². The number of aryl methyl sites for hydroxylation is 1. The van der Waals surface area contributed by atoms with E-state index in [0.29, 0.717) is 17.6 Å². The molecule has 150 valence electrons. The third-order valence-corrected chi connectivity index (χ3v) is 5.85. The maximum atomic E-state index is 11.0. The van der Waals surface area contributed by atoms with Gasteiger partial charge in [0.1, 0.15) is 5.82 Å². The summed E-state index contributed by atoms with van der Waals surface area (Å²) in [5.74, 6) is 0.308. The van der Waals surface area contributed by atoms with Crippen LogP contribution in [-0.4, -0.2) is 30.8 Å². The largest absolute Gasteiger partial charge is 0.549 e. The number of imidazole rings is 2. The lowest BCUT2D eigenvalue weighted by Crippen LogP contribution is -2.24. The first-order valence-corrected chi connectivity index (χ1v) is 10.7. The number of aliphatic carboxylic acids is 1. The van der Waals surface area contributed by atoms with Crippen LogP contribution >= 0.6 is 11.8 Å². The predicted octanol–water partition coefficient (Wildman–Crippen LogP) is 3.32. The molecule has 4 aromatic rings. The molecule has 0 unspecified atom stereocenters. The average Bonchev–Trinajstić information content (AvgIpc) is 3.23. The van der Waals surface area contributed by atoms with E-state index in [4.69, 9.17) is 4.98 Å². The van der Waals surface area contributed by atoms with E-state index in [1.54, 1.807) is 0 Å². The number of thioether (sulfide) groups is 1. The predicted molar refractivity (Wildman–Crippen MR) is 114 cm³/mol. The van der Waals surface area contributed by atoms with E-state index in [1.807, 2.05) is 42.5 Å². The Kier molecular flexibility index (Phi) is 5.58. The third kappa shape index (κ3) is 4.15. The van der Waals surface area contributed by atoms with Gasteiger partial charge in [-0.1, -0.05) is 49.9 Å². The summed E-state index contributed by atoms with van der Waals surface area (Å²) >= 11 is 1.18. The SMILES string of the molecule is CC(C)CCn1c(Cn2c(SCC(=O)[O-])nc3ccccc32)nc2ccccc21. The molecule has 0 aliphatic heterocycles. The number of carbonyl (C=O) groups excluding carboxylic acids is 1. The lowest BCUT2D eigenvalue weighted by molar-refractivity contribution is -0.301. The molecule has 0 saturated carbocycles. The van der Waals surface area contributed by atoms with Crippen LogP contribution in [0, 0.1) is 5.92 Å². The Bertz CT molecular complexity index is 1160. The number of carbonyl (C=O) groups is 1. The lowest BCUT2D eigenvalue weighted by atomic mass is 10.1. The van der Waals surface area contributed by atoms with E-state index in [2.05, 4.69) is 34.0 Å². The zero-order chi connectivity index (χ0) is 20.4. The summed E-state index contributed by atoms with van der Waals surface area (Å²) < 4.78 is 4.33. The molecule has 29 heavy (non-hydrogen) atoms. The second-order valence-corrected chi connectivity index (χ2v) is 8.42. The van der Waals surface area contributed by atoms with Gasteiger partial charge in [0, 0.05) is 12.3 Å². The molecular formula is C22H23N4O2S-. The molecule has 0 saturated heterocycles. The standard InChI is InChI=1S/C22H24N4O2S/c1-15(2)11-12-25-18-9-5-3-7-16(18)23-20(25)13-26-19-10-6-4-8-17(19)24-22(26)29-14-21(27)28/h3-10,15H,11-14H2,1-2H3,(H,27,28)/p-1. The van der Waals surface area contributed by atoms with Crippen molar-refractivity contribution < 1.29 is 9.90 Å². The molecule has 0 aliphatic carbocycles. The minimum absolute atomic E-state index is 0.132. The minimum Gasteiger partial charge on any atom is -0.549 e. The summed E-state index contributed by atoms with van der Waals surface area (Å²) in [6.45, 7) is 5.86. The van der Waals surface area contributed by atoms with Crippen LogP contribution < -0.4 is 5.11 Å². The van der Waals surface area contributed by atoms with Crippen molar-refractivity contribution in [2.45, 2.75) is 38.5 Å². The van der Waals surface area contributed by atoms with Gasteiger partial charge in [0.25, 0.3) is 0 Å². The van der Waals surface area contributed by atoms with Crippen LogP contribution in [0.3, 0.4) is 0 Å². The van der Waals surface area contributed by atoms with Crippen molar-refractivity contribution in [1.82, 2.24) is 19.1 Å². The van der Waals surface area contributed by atoms with Crippen molar-refractivity contribution >= 4 is 39.8 Å². The number of carboxylic acid groups (broad SMARTS) is 1. The van der Waals surface area contributed by atoms with E-state index >= 15 is 0 Å². The molecule has 0 aliphatic rings. The fraction of sp³-hybridized carbons (Fsp3) is 0.318. The average molecular weight is 408 g/mol. The highest BCUT2D eigenvalue weighted by Gasteiger charge is 2.16. The molecule has 4 rings (SSSR count). The monoisotopic (exact) mass is 407 g/mol. The molecular weight excluding hydrogens is 384 g/mol. The summed E-state index contributed by atoms with van der Waals surface area (Å²) in [5.41, 5.74) is 3.91. The van der Waals surface area contributed by atoms with Crippen molar-refractivity contribution in [2.75, 3.05) is 5.75 Å². The van der Waals surface area contributed by atoms with E-state index in [0.717, 1.165) is 40.9 Å². The Morgan fingerprint density at radius 1 is 1.00 bits per heavy atom. The number of benzene rings is 2. The highest BCUT2D eigenvalue weighted by Crippen LogP contribution is 2.26. The first-order chi connectivity index (χ1) is 14.0. The topological polar surface area (TPSA) is 75.8 Å². The fourth-order valence-electron chi connectivity index (χ4n) is 3.46. The highest BCUT2D eigenvalue weighted by atomic mass is 32.2. The van der Waals surface area contributed by atoms with Crippen molar-refractivity contribution in [3.8, 4) is 0 Å². The Hall–Kier alpha value is -2.80. The van der Waals surface area contributed by atoms with Gasteiger partial charge in [-0.3, -0.25) is 0 Å². The van der Waals surface area contributed by atoms with Gasteiger partial charge in [0.05, 0.1) is 34.6 Å². The number of hydrogen-bond donors (Lipinski definition) is 0. The van der Waals surface area contributed by atoms with Crippen LogP contribution in [0.2, 0.25) is 0 Å². The molecule has 0 spiro atoms. The van der Waals surface area contributed by atoms with Crippen LogP contribution in [-0.2, 0) is 17.9 Å². The highest BCUT2D eigenvalue weighted by molar-refractivity contribution is 7.99. The maximum absolute atomic E-state index is 11.0. The van der Waals surface area contributed by atoms with Gasteiger partial charge in [0.2, 0.25) is 0 Å². The van der Waals surface area contributed by atoms with Gasteiger partial charge in [-0.25, -0.2) is 9.97 Å². The van der Waals surface area contributed by atoms with Gasteiger partial charge in [-0.15, -0.1) is 0 Å². The molecule has 2 heterocycles. The van der Waals surface area contributed by atoms with Crippen LogP contribution in [0.25, 0.3) is 22.1 Å². The van der Waals surface area contributed by atoms with Crippen LogP contribution in [0.1, 0.15) is 26.1 Å². The van der Waals surface area contributed by atoms with Gasteiger partial charge < -0.3 is 19.0 Å². The first-order valence-electron chi connectivity index (χ1n) is 9.75. The van der Waals surface area contributed by atoms with Crippen molar-refractivity contribution in [2.24, 2.45) is 5.92 Å². The number of nitrogens with zero attached hydrogens (tertiary/aromatic N) is 4. The van der Waals surface area contributed by atoms with Crippen molar-refractivity contribution in [3.05, 3.63) is 54.4 Å². The number of hydrogen-bond acceptors (Lipinski definition) is 5. The zero-order valence-electron chi connectivity index (χ0n) is 16.5. The quantitative estimate of drug-likeness (QED) is 0.419. The fourth-order valence-corrected chi connectivity index (χ4v) is 4.19. The normalized spacial score (nSPS) is 11.7. The van der Waals surface area contributed by atoms with Crippen molar-refractivity contribution in [1.29, 1.82) is 0 Å². The minimum atomic E-state index is -1.10. The third-order valence-electron chi connectivity index (χ3n) is 4.90. The van der Waals surface area contributed by atoms with Crippen LogP contribution in [0.15, 0.2) is 53.7 Å². The first kappa shape index (κ1) is 19.5. The molecule has 0 radical (unpaired) electrons. The van der Waals surface area contributed by atoms with E-state index < -0.39 is 5.97 Å². The van der Waals surface area contributed by atoms with Gasteiger partial charge in [-0.2, -0.15) is 0 Å². The molecule has 0 amide bonds.